The molecule has 1 heterocycles. The predicted molar refractivity (Wildman–Crippen MR) is 82.2 cm³/mol. The number of nitrogens with two attached hydrogens (primary N) is 1. The predicted octanol–water partition coefficient (Wildman–Crippen LogP) is 1.94. The van der Waals surface area contributed by atoms with Gasteiger partial charge in [0, 0.05) is 6.54 Å². The molecule has 2 rings (SSSR count). The van der Waals surface area contributed by atoms with Gasteiger partial charge in [0.2, 0.25) is 5.91 Å². The number of aromatic nitrogens is 3. The summed E-state index contributed by atoms with van der Waals surface area (Å²) in [6.07, 6.45) is 0. The van der Waals surface area contributed by atoms with Gasteiger partial charge in [0.05, 0.1) is 17.9 Å². The standard InChI is InChI=1S/C14H18N4O2S/c1-3-18-13(16-17-14(18)21-9-12(15)19)10-7-5-6-8-11(10)20-4-2/h5-8H,3-4,9H2,1-2H3,(H2,15,19). The summed E-state index contributed by atoms with van der Waals surface area (Å²) in [7, 11) is 0. The highest BCUT2D eigenvalue weighted by molar-refractivity contribution is 7.99. The molecule has 21 heavy (non-hydrogen) atoms. The molecule has 1 aromatic carbocycles. The van der Waals surface area contributed by atoms with E-state index >= 15 is 0 Å². The summed E-state index contributed by atoms with van der Waals surface area (Å²) >= 11 is 1.29. The number of hydrogen-bond donors (Lipinski definition) is 1. The van der Waals surface area contributed by atoms with Gasteiger partial charge < -0.3 is 15.0 Å². The van der Waals surface area contributed by atoms with E-state index in [9.17, 15) is 4.79 Å². The van der Waals surface area contributed by atoms with Crippen molar-refractivity contribution in [2.24, 2.45) is 5.73 Å². The first-order chi connectivity index (χ1) is 10.2. The Hall–Kier alpha value is -2.02. The molecule has 7 heteroatoms. The van der Waals surface area contributed by atoms with Crippen molar-refractivity contribution in [2.75, 3.05) is 12.4 Å². The molecule has 0 atom stereocenters. The van der Waals surface area contributed by atoms with Crippen LogP contribution in [0.25, 0.3) is 11.4 Å². The normalized spacial score (nSPS) is 10.6. The summed E-state index contributed by atoms with van der Waals surface area (Å²) in [5.41, 5.74) is 6.06. The quantitative estimate of drug-likeness (QED) is 0.790. The zero-order valence-electron chi connectivity index (χ0n) is 12.1. The van der Waals surface area contributed by atoms with Gasteiger partial charge in [-0.05, 0) is 26.0 Å². The minimum atomic E-state index is -0.373. The molecule has 0 fully saturated rings. The van der Waals surface area contributed by atoms with Crippen LogP contribution in [-0.2, 0) is 11.3 Å². The molecule has 1 aromatic heterocycles. The number of carbonyl (C=O) groups is 1. The Morgan fingerprint density at radius 1 is 1.33 bits per heavy atom. The summed E-state index contributed by atoms with van der Waals surface area (Å²) in [6, 6.07) is 7.71. The Balaban J connectivity index is 2.38. The van der Waals surface area contributed by atoms with Crippen molar-refractivity contribution in [3.8, 4) is 17.1 Å². The zero-order chi connectivity index (χ0) is 15.2. The van der Waals surface area contributed by atoms with E-state index in [1.165, 1.54) is 11.8 Å². The van der Waals surface area contributed by atoms with Crippen LogP contribution in [0.2, 0.25) is 0 Å². The average molecular weight is 306 g/mol. The second-order valence-corrected chi connectivity index (χ2v) is 5.18. The Kier molecular flexibility index (Phi) is 5.21. The van der Waals surface area contributed by atoms with Gasteiger partial charge in [0.1, 0.15) is 5.75 Å². The lowest BCUT2D eigenvalue weighted by molar-refractivity contribution is -0.115. The van der Waals surface area contributed by atoms with E-state index < -0.39 is 0 Å². The van der Waals surface area contributed by atoms with Crippen LogP contribution >= 0.6 is 11.8 Å². The highest BCUT2D eigenvalue weighted by atomic mass is 32.2. The largest absolute Gasteiger partial charge is 0.493 e. The van der Waals surface area contributed by atoms with E-state index in [1.54, 1.807) is 0 Å². The van der Waals surface area contributed by atoms with E-state index in [2.05, 4.69) is 10.2 Å². The summed E-state index contributed by atoms with van der Waals surface area (Å²) in [5.74, 6) is 1.31. The van der Waals surface area contributed by atoms with Crippen molar-refractivity contribution in [3.05, 3.63) is 24.3 Å². The van der Waals surface area contributed by atoms with Crippen molar-refractivity contribution >= 4 is 17.7 Å². The number of ether oxygens (including phenoxy) is 1. The van der Waals surface area contributed by atoms with Crippen LogP contribution in [0.1, 0.15) is 13.8 Å². The average Bonchev–Trinajstić information content (AvgIpc) is 2.88. The van der Waals surface area contributed by atoms with E-state index in [1.807, 2.05) is 42.7 Å². The van der Waals surface area contributed by atoms with Gasteiger partial charge in [-0.2, -0.15) is 0 Å². The third-order valence-electron chi connectivity index (χ3n) is 2.80. The lowest BCUT2D eigenvalue weighted by Gasteiger charge is -2.11. The molecule has 1 amide bonds. The van der Waals surface area contributed by atoms with Crippen molar-refractivity contribution in [1.29, 1.82) is 0 Å². The van der Waals surface area contributed by atoms with Crippen LogP contribution in [0, 0.1) is 0 Å². The second kappa shape index (κ2) is 7.12. The van der Waals surface area contributed by atoms with Gasteiger partial charge in [0.15, 0.2) is 11.0 Å². The molecule has 0 aliphatic heterocycles. The number of para-hydroxylation sites is 1. The molecule has 0 aliphatic rings. The zero-order valence-corrected chi connectivity index (χ0v) is 12.9. The maximum absolute atomic E-state index is 10.9. The molecule has 2 aromatic rings. The van der Waals surface area contributed by atoms with Crippen molar-refractivity contribution in [1.82, 2.24) is 14.8 Å². The lowest BCUT2D eigenvalue weighted by atomic mass is 10.2. The smallest absolute Gasteiger partial charge is 0.227 e. The van der Waals surface area contributed by atoms with E-state index in [0.717, 1.165) is 17.1 Å². The number of amides is 1. The van der Waals surface area contributed by atoms with Gasteiger partial charge >= 0.3 is 0 Å². The Morgan fingerprint density at radius 3 is 2.76 bits per heavy atom. The Morgan fingerprint density at radius 2 is 2.10 bits per heavy atom. The third-order valence-corrected chi connectivity index (χ3v) is 3.79. The molecule has 2 N–H and O–H groups in total. The molecule has 0 bridgehead atoms. The van der Waals surface area contributed by atoms with Crippen LogP contribution in [-0.4, -0.2) is 33.0 Å². The first-order valence-electron chi connectivity index (χ1n) is 6.73. The van der Waals surface area contributed by atoms with Crippen LogP contribution in [0.15, 0.2) is 29.4 Å². The van der Waals surface area contributed by atoms with Gasteiger partial charge in [-0.15, -0.1) is 10.2 Å². The molecule has 0 unspecified atom stereocenters. The SMILES string of the molecule is CCOc1ccccc1-c1nnc(SCC(N)=O)n1CC. The van der Waals surface area contributed by atoms with Crippen molar-refractivity contribution in [2.45, 2.75) is 25.5 Å². The van der Waals surface area contributed by atoms with Crippen LogP contribution in [0.5, 0.6) is 5.75 Å². The Bertz CT molecular complexity index is 627. The van der Waals surface area contributed by atoms with E-state index in [0.29, 0.717) is 18.3 Å². The number of rotatable bonds is 7. The maximum atomic E-state index is 10.9. The molecular formula is C14H18N4O2S. The van der Waals surface area contributed by atoms with E-state index in [4.69, 9.17) is 10.5 Å². The second-order valence-electron chi connectivity index (χ2n) is 4.23. The number of nitrogens with zero attached hydrogens (tertiary/aromatic N) is 3. The molecule has 112 valence electrons. The van der Waals surface area contributed by atoms with E-state index in [-0.39, 0.29) is 11.7 Å². The number of carbonyl (C=O) groups excluding carboxylic acids is 1. The fraction of sp³-hybridized carbons (Fsp3) is 0.357. The van der Waals surface area contributed by atoms with Crippen LogP contribution < -0.4 is 10.5 Å². The highest BCUT2D eigenvalue weighted by Crippen LogP contribution is 2.30. The fourth-order valence-corrected chi connectivity index (χ4v) is 2.69. The first-order valence-corrected chi connectivity index (χ1v) is 7.72. The lowest BCUT2D eigenvalue weighted by Crippen LogP contribution is -2.13. The van der Waals surface area contributed by atoms with Gasteiger partial charge in [-0.3, -0.25) is 4.79 Å². The third kappa shape index (κ3) is 3.55. The summed E-state index contributed by atoms with van der Waals surface area (Å²) in [5, 5.41) is 9.07. The number of thioether (sulfide) groups is 1. The fourth-order valence-electron chi connectivity index (χ4n) is 1.95. The summed E-state index contributed by atoms with van der Waals surface area (Å²) in [6.45, 7) is 5.23. The number of hydrogen-bond acceptors (Lipinski definition) is 5. The number of primary amides is 1. The monoisotopic (exact) mass is 306 g/mol. The van der Waals surface area contributed by atoms with Gasteiger partial charge in [-0.1, -0.05) is 23.9 Å². The first kappa shape index (κ1) is 15.4. The molecule has 0 saturated heterocycles. The molecule has 0 saturated carbocycles. The number of benzene rings is 1. The molecule has 6 nitrogen and oxygen atoms in total. The molecule has 0 aliphatic carbocycles. The maximum Gasteiger partial charge on any atom is 0.227 e. The molecule has 0 radical (unpaired) electrons. The van der Waals surface area contributed by atoms with Crippen molar-refractivity contribution < 1.29 is 9.53 Å². The minimum Gasteiger partial charge on any atom is -0.493 e. The van der Waals surface area contributed by atoms with Crippen LogP contribution in [0.4, 0.5) is 0 Å². The minimum absolute atomic E-state index is 0.186. The topological polar surface area (TPSA) is 83.0 Å². The van der Waals surface area contributed by atoms with Crippen molar-refractivity contribution in [3.63, 3.8) is 0 Å². The Labute approximate surface area is 127 Å². The highest BCUT2D eigenvalue weighted by Gasteiger charge is 2.16. The van der Waals surface area contributed by atoms with Gasteiger partial charge in [0.25, 0.3) is 0 Å². The summed E-state index contributed by atoms with van der Waals surface area (Å²) in [4.78, 5) is 10.9. The molecular weight excluding hydrogens is 288 g/mol. The van der Waals surface area contributed by atoms with Gasteiger partial charge in [-0.25, -0.2) is 0 Å². The summed E-state index contributed by atoms with van der Waals surface area (Å²) < 4.78 is 7.59. The molecule has 0 spiro atoms. The van der Waals surface area contributed by atoms with Crippen LogP contribution in [0.3, 0.4) is 0 Å².